The lowest BCUT2D eigenvalue weighted by atomic mass is 10.2. The summed E-state index contributed by atoms with van der Waals surface area (Å²) in [5.74, 6) is -0.391. The minimum atomic E-state index is -4.77. The number of nitrogens with zero attached hydrogens (tertiary/aromatic N) is 2. The second-order valence-electron chi connectivity index (χ2n) is 5.79. The van der Waals surface area contributed by atoms with Gasteiger partial charge < -0.3 is 15.8 Å². The second-order valence-corrected chi connectivity index (χ2v) is 7.91. The molecule has 12 heteroatoms. The predicted octanol–water partition coefficient (Wildman–Crippen LogP) is 3.38. The van der Waals surface area contributed by atoms with Gasteiger partial charge in [0.1, 0.15) is 5.75 Å². The average molecular weight is 544 g/mol. The lowest BCUT2D eigenvalue weighted by Gasteiger charge is -2.14. The quantitative estimate of drug-likeness (QED) is 0.330. The summed E-state index contributed by atoms with van der Waals surface area (Å²) < 4.78 is 66.1. The van der Waals surface area contributed by atoms with Crippen molar-refractivity contribution in [2.24, 2.45) is 10.7 Å². The van der Waals surface area contributed by atoms with E-state index in [9.17, 15) is 21.6 Å². The van der Waals surface area contributed by atoms with E-state index in [1.54, 1.807) is 18.2 Å². The van der Waals surface area contributed by atoms with Crippen molar-refractivity contribution >= 4 is 45.6 Å². The largest absolute Gasteiger partial charge is 0.573 e. The SMILES string of the molecule is CN(C)S(=O)(=O)c1ccccc1CN=C(N)Nc1ccc(OC(F)(F)F)cc1.I. The minimum absolute atomic E-state index is 0. The molecule has 0 aliphatic rings. The number of hydrogen-bond donors (Lipinski definition) is 2. The standard InChI is InChI=1S/C17H19F3N4O3S.HI/c1-24(2)28(25,26)15-6-4-3-5-12(15)11-22-16(21)23-13-7-9-14(10-8-13)27-17(18,19)20;/h3-10H,11H2,1-2H3,(H3,21,22,23);1H. The smallest absolute Gasteiger partial charge is 0.406 e. The number of hydrogen-bond acceptors (Lipinski definition) is 4. The van der Waals surface area contributed by atoms with E-state index in [1.807, 2.05) is 0 Å². The topological polar surface area (TPSA) is 97.0 Å². The van der Waals surface area contributed by atoms with Crippen molar-refractivity contribution in [2.45, 2.75) is 17.8 Å². The van der Waals surface area contributed by atoms with Crippen LogP contribution in [0.1, 0.15) is 5.56 Å². The molecule has 29 heavy (non-hydrogen) atoms. The third kappa shape index (κ3) is 7.36. The third-order valence-electron chi connectivity index (χ3n) is 3.51. The van der Waals surface area contributed by atoms with Crippen LogP contribution in [0.4, 0.5) is 18.9 Å². The van der Waals surface area contributed by atoms with Gasteiger partial charge in [-0.25, -0.2) is 17.7 Å². The molecule has 0 atom stereocenters. The Morgan fingerprint density at radius 3 is 2.28 bits per heavy atom. The molecule has 2 rings (SSSR count). The Kier molecular flexibility index (Phi) is 8.71. The summed E-state index contributed by atoms with van der Waals surface area (Å²) in [5.41, 5.74) is 6.63. The van der Waals surface area contributed by atoms with Crippen LogP contribution in [0.5, 0.6) is 5.75 Å². The fourth-order valence-corrected chi connectivity index (χ4v) is 3.29. The van der Waals surface area contributed by atoms with Crippen LogP contribution in [0.2, 0.25) is 0 Å². The first-order valence-corrected chi connectivity index (χ1v) is 9.36. The molecule has 160 valence electrons. The van der Waals surface area contributed by atoms with E-state index >= 15 is 0 Å². The monoisotopic (exact) mass is 544 g/mol. The van der Waals surface area contributed by atoms with Crippen molar-refractivity contribution in [3.05, 3.63) is 54.1 Å². The maximum Gasteiger partial charge on any atom is 0.573 e. The Labute approximate surface area is 183 Å². The van der Waals surface area contributed by atoms with Crippen LogP contribution in [0, 0.1) is 0 Å². The normalized spacial score (nSPS) is 12.4. The van der Waals surface area contributed by atoms with Crippen molar-refractivity contribution in [1.29, 1.82) is 0 Å². The summed E-state index contributed by atoms with van der Waals surface area (Å²) >= 11 is 0. The van der Waals surface area contributed by atoms with E-state index in [2.05, 4.69) is 15.0 Å². The molecular formula is C17H20F3IN4O3S. The summed E-state index contributed by atoms with van der Waals surface area (Å²) in [4.78, 5) is 4.21. The summed E-state index contributed by atoms with van der Waals surface area (Å²) in [6.45, 7) is -0.00263. The number of anilines is 1. The molecule has 0 aromatic heterocycles. The van der Waals surface area contributed by atoms with Gasteiger partial charge in [-0.2, -0.15) is 0 Å². The highest BCUT2D eigenvalue weighted by atomic mass is 127. The van der Waals surface area contributed by atoms with E-state index < -0.39 is 16.4 Å². The summed E-state index contributed by atoms with van der Waals surface area (Å²) in [6.07, 6.45) is -4.77. The predicted molar refractivity (Wildman–Crippen MR) is 115 cm³/mol. The van der Waals surface area contributed by atoms with Gasteiger partial charge >= 0.3 is 6.36 Å². The van der Waals surface area contributed by atoms with Crippen LogP contribution in [0.15, 0.2) is 58.4 Å². The fourth-order valence-electron chi connectivity index (χ4n) is 2.18. The number of nitrogens with two attached hydrogens (primary N) is 1. The molecule has 2 aromatic carbocycles. The molecule has 0 amide bonds. The maximum absolute atomic E-state index is 12.4. The number of halogens is 4. The first-order chi connectivity index (χ1) is 13.0. The molecule has 0 saturated carbocycles. The maximum atomic E-state index is 12.4. The zero-order chi connectivity index (χ0) is 20.9. The Bertz CT molecular complexity index is 949. The van der Waals surface area contributed by atoms with Gasteiger partial charge in [0.05, 0.1) is 11.4 Å². The minimum Gasteiger partial charge on any atom is -0.406 e. The van der Waals surface area contributed by atoms with Gasteiger partial charge in [0.15, 0.2) is 5.96 Å². The van der Waals surface area contributed by atoms with Crippen molar-refractivity contribution in [3.63, 3.8) is 0 Å². The zero-order valence-corrected chi connectivity index (χ0v) is 18.6. The lowest BCUT2D eigenvalue weighted by molar-refractivity contribution is -0.274. The molecule has 0 bridgehead atoms. The van der Waals surface area contributed by atoms with Gasteiger partial charge in [-0.3, -0.25) is 0 Å². The van der Waals surface area contributed by atoms with Crippen LogP contribution >= 0.6 is 24.0 Å². The van der Waals surface area contributed by atoms with E-state index in [4.69, 9.17) is 5.73 Å². The summed E-state index contributed by atoms with van der Waals surface area (Å²) in [7, 11) is -0.781. The molecule has 0 fully saturated rings. The highest BCUT2D eigenvalue weighted by Crippen LogP contribution is 2.24. The first-order valence-electron chi connectivity index (χ1n) is 7.92. The molecule has 0 aliphatic carbocycles. The molecule has 0 radical (unpaired) electrons. The third-order valence-corrected chi connectivity index (χ3v) is 5.43. The molecular weight excluding hydrogens is 524 g/mol. The Morgan fingerprint density at radius 2 is 1.72 bits per heavy atom. The molecule has 0 aliphatic heterocycles. The average Bonchev–Trinajstić information content (AvgIpc) is 2.60. The molecule has 0 spiro atoms. The fraction of sp³-hybridized carbons (Fsp3) is 0.235. The van der Waals surface area contributed by atoms with E-state index in [0.29, 0.717) is 11.3 Å². The van der Waals surface area contributed by atoms with E-state index in [0.717, 1.165) is 16.4 Å². The van der Waals surface area contributed by atoms with Crippen LogP contribution in [0.25, 0.3) is 0 Å². The van der Waals surface area contributed by atoms with Crippen molar-refractivity contribution in [2.75, 3.05) is 19.4 Å². The Hall–Kier alpha value is -2.06. The Morgan fingerprint density at radius 1 is 1.14 bits per heavy atom. The number of alkyl halides is 3. The number of aliphatic imine (C=N–C) groups is 1. The second kappa shape index (κ2) is 10.1. The van der Waals surface area contributed by atoms with Gasteiger partial charge in [0.25, 0.3) is 0 Å². The van der Waals surface area contributed by atoms with E-state index in [-0.39, 0.29) is 47.1 Å². The highest BCUT2D eigenvalue weighted by molar-refractivity contribution is 14.0. The lowest BCUT2D eigenvalue weighted by Crippen LogP contribution is -2.24. The first kappa shape index (κ1) is 25.0. The highest BCUT2D eigenvalue weighted by Gasteiger charge is 2.30. The van der Waals surface area contributed by atoms with Crippen molar-refractivity contribution in [1.82, 2.24) is 4.31 Å². The van der Waals surface area contributed by atoms with Gasteiger partial charge in [0.2, 0.25) is 10.0 Å². The molecule has 0 heterocycles. The number of ether oxygens (including phenoxy) is 1. The number of benzene rings is 2. The number of sulfonamides is 1. The summed E-state index contributed by atoms with van der Waals surface area (Å²) in [6, 6.07) is 11.3. The summed E-state index contributed by atoms with van der Waals surface area (Å²) in [5, 5.41) is 2.71. The molecule has 0 unspecified atom stereocenters. The molecule has 0 saturated heterocycles. The zero-order valence-electron chi connectivity index (χ0n) is 15.5. The van der Waals surface area contributed by atoms with E-state index in [1.165, 1.54) is 32.3 Å². The van der Waals surface area contributed by atoms with Crippen molar-refractivity contribution < 1.29 is 26.3 Å². The van der Waals surface area contributed by atoms with Gasteiger partial charge in [-0.1, -0.05) is 18.2 Å². The number of nitrogens with one attached hydrogen (secondary N) is 1. The number of rotatable bonds is 6. The molecule has 7 nitrogen and oxygen atoms in total. The molecule has 2 aromatic rings. The van der Waals surface area contributed by atoms with Gasteiger partial charge in [-0.15, -0.1) is 37.1 Å². The van der Waals surface area contributed by atoms with Gasteiger partial charge in [-0.05, 0) is 35.9 Å². The van der Waals surface area contributed by atoms with Gasteiger partial charge in [0, 0.05) is 19.8 Å². The Balaban J connectivity index is 0.00000420. The van der Waals surface area contributed by atoms with Crippen LogP contribution in [0.3, 0.4) is 0 Å². The van der Waals surface area contributed by atoms with Crippen LogP contribution in [-0.2, 0) is 16.6 Å². The molecule has 3 N–H and O–H groups in total. The van der Waals surface area contributed by atoms with Crippen LogP contribution < -0.4 is 15.8 Å². The number of guanidine groups is 1. The van der Waals surface area contributed by atoms with Crippen LogP contribution in [-0.4, -0.2) is 39.1 Å². The van der Waals surface area contributed by atoms with Crippen molar-refractivity contribution in [3.8, 4) is 5.75 Å².